The Hall–Kier alpha value is -3.08. The molecule has 0 saturated carbocycles. The van der Waals surface area contributed by atoms with Crippen LogP contribution in [0.2, 0.25) is 0 Å². The molecular weight excluding hydrogens is 353 g/mol. The SMILES string of the molecule is Cc1ccc(-c2ncccc2-c2ccc(S(N)(=O)=O)c(F)c2)cc1C#N. The first-order valence-corrected chi connectivity index (χ1v) is 9.15. The average Bonchev–Trinajstić information content (AvgIpc) is 2.61. The third-order valence-corrected chi connectivity index (χ3v) is 4.93. The number of benzene rings is 2. The Kier molecular flexibility index (Phi) is 4.55. The number of hydrogen-bond acceptors (Lipinski definition) is 4. The van der Waals surface area contributed by atoms with Crippen molar-refractivity contribution < 1.29 is 12.8 Å². The molecule has 0 radical (unpaired) electrons. The molecule has 1 aromatic heterocycles. The lowest BCUT2D eigenvalue weighted by molar-refractivity contribution is 0.568. The second-order valence-corrected chi connectivity index (χ2v) is 7.26. The Morgan fingerprint density at radius 2 is 1.85 bits per heavy atom. The fourth-order valence-electron chi connectivity index (χ4n) is 2.66. The summed E-state index contributed by atoms with van der Waals surface area (Å²) in [4.78, 5) is 3.80. The molecule has 0 aliphatic heterocycles. The van der Waals surface area contributed by atoms with Crippen LogP contribution in [0.1, 0.15) is 11.1 Å². The van der Waals surface area contributed by atoms with Crippen LogP contribution >= 0.6 is 0 Å². The summed E-state index contributed by atoms with van der Waals surface area (Å²) in [5.74, 6) is -0.929. The van der Waals surface area contributed by atoms with Crippen molar-refractivity contribution in [1.29, 1.82) is 5.26 Å². The Morgan fingerprint density at radius 1 is 1.12 bits per heavy atom. The van der Waals surface area contributed by atoms with Crippen LogP contribution in [-0.2, 0) is 10.0 Å². The van der Waals surface area contributed by atoms with Gasteiger partial charge < -0.3 is 0 Å². The summed E-state index contributed by atoms with van der Waals surface area (Å²) in [7, 11) is -4.14. The zero-order valence-electron chi connectivity index (χ0n) is 13.8. The van der Waals surface area contributed by atoms with Crippen molar-refractivity contribution in [2.45, 2.75) is 11.8 Å². The second kappa shape index (κ2) is 6.67. The number of nitrogens with two attached hydrogens (primary N) is 1. The minimum atomic E-state index is -4.14. The van der Waals surface area contributed by atoms with Gasteiger partial charge in [0.25, 0.3) is 0 Å². The molecule has 0 bridgehead atoms. The molecule has 1 heterocycles. The lowest BCUT2D eigenvalue weighted by atomic mass is 9.97. The zero-order valence-corrected chi connectivity index (χ0v) is 14.6. The van der Waals surface area contributed by atoms with Crippen molar-refractivity contribution in [2.75, 3.05) is 0 Å². The minimum Gasteiger partial charge on any atom is -0.256 e. The lowest BCUT2D eigenvalue weighted by Crippen LogP contribution is -2.13. The van der Waals surface area contributed by atoms with Crippen LogP contribution in [0.25, 0.3) is 22.4 Å². The molecule has 3 rings (SSSR count). The summed E-state index contributed by atoms with van der Waals surface area (Å²) in [5.41, 5.74) is 3.70. The van der Waals surface area contributed by atoms with Crippen LogP contribution in [-0.4, -0.2) is 13.4 Å². The number of halogens is 1. The van der Waals surface area contributed by atoms with Gasteiger partial charge in [-0.25, -0.2) is 17.9 Å². The van der Waals surface area contributed by atoms with Crippen LogP contribution in [0.3, 0.4) is 0 Å². The number of nitriles is 1. The van der Waals surface area contributed by atoms with Crippen molar-refractivity contribution in [2.24, 2.45) is 5.14 Å². The number of primary sulfonamides is 1. The zero-order chi connectivity index (χ0) is 18.9. The highest BCUT2D eigenvalue weighted by molar-refractivity contribution is 7.89. The van der Waals surface area contributed by atoms with E-state index in [1.807, 2.05) is 19.1 Å². The Bertz CT molecular complexity index is 1150. The highest BCUT2D eigenvalue weighted by Gasteiger charge is 2.17. The van der Waals surface area contributed by atoms with Gasteiger partial charge in [0.1, 0.15) is 10.7 Å². The van der Waals surface area contributed by atoms with Gasteiger partial charge in [-0.3, -0.25) is 4.98 Å². The summed E-state index contributed by atoms with van der Waals surface area (Å²) in [6.07, 6.45) is 1.60. The Balaban J connectivity index is 2.18. The molecule has 0 amide bonds. The number of aromatic nitrogens is 1. The summed E-state index contributed by atoms with van der Waals surface area (Å²) >= 11 is 0. The standard InChI is InChI=1S/C19H14FN3O2S/c1-12-4-5-14(9-15(12)11-21)19-16(3-2-8-23-19)13-6-7-18(17(20)10-13)26(22,24)25/h2-10H,1H3,(H2,22,24,25). The largest absolute Gasteiger partial charge is 0.256 e. The van der Waals surface area contributed by atoms with Gasteiger partial charge in [0.15, 0.2) is 0 Å². The van der Waals surface area contributed by atoms with E-state index in [0.29, 0.717) is 27.9 Å². The molecule has 2 aromatic carbocycles. The maximum Gasteiger partial charge on any atom is 0.240 e. The molecule has 130 valence electrons. The highest BCUT2D eigenvalue weighted by Crippen LogP contribution is 2.32. The Labute approximate surface area is 150 Å². The smallest absolute Gasteiger partial charge is 0.240 e. The quantitative estimate of drug-likeness (QED) is 0.767. The molecule has 0 atom stereocenters. The van der Waals surface area contributed by atoms with Gasteiger partial charge in [-0.2, -0.15) is 5.26 Å². The number of sulfonamides is 1. The topological polar surface area (TPSA) is 96.8 Å². The van der Waals surface area contributed by atoms with E-state index in [1.165, 1.54) is 6.07 Å². The average molecular weight is 367 g/mol. The summed E-state index contributed by atoms with van der Waals surface area (Å²) in [6.45, 7) is 1.84. The van der Waals surface area contributed by atoms with Crippen molar-refractivity contribution in [1.82, 2.24) is 4.98 Å². The highest BCUT2D eigenvalue weighted by atomic mass is 32.2. The molecule has 2 N–H and O–H groups in total. The van der Waals surface area contributed by atoms with Gasteiger partial charge in [-0.05, 0) is 42.3 Å². The van der Waals surface area contributed by atoms with Crippen LogP contribution in [0.5, 0.6) is 0 Å². The van der Waals surface area contributed by atoms with Crippen LogP contribution in [0.15, 0.2) is 59.6 Å². The predicted octanol–water partition coefficient (Wildman–Crippen LogP) is 3.38. The number of pyridine rings is 1. The van der Waals surface area contributed by atoms with Crippen LogP contribution in [0.4, 0.5) is 4.39 Å². The van der Waals surface area contributed by atoms with Crippen molar-refractivity contribution >= 4 is 10.0 Å². The van der Waals surface area contributed by atoms with Crippen LogP contribution in [0, 0.1) is 24.1 Å². The lowest BCUT2D eigenvalue weighted by Gasteiger charge is -2.11. The van der Waals surface area contributed by atoms with Gasteiger partial charge in [-0.1, -0.05) is 24.3 Å². The molecule has 0 aliphatic carbocycles. The van der Waals surface area contributed by atoms with Gasteiger partial charge in [0.05, 0.1) is 17.3 Å². The second-order valence-electron chi connectivity index (χ2n) is 5.73. The summed E-state index contributed by atoms with van der Waals surface area (Å²) in [6, 6.07) is 14.7. The van der Waals surface area contributed by atoms with E-state index in [2.05, 4.69) is 11.1 Å². The van der Waals surface area contributed by atoms with Gasteiger partial charge in [0.2, 0.25) is 10.0 Å². The van der Waals surface area contributed by atoms with E-state index in [0.717, 1.165) is 17.7 Å². The van der Waals surface area contributed by atoms with E-state index < -0.39 is 20.7 Å². The fourth-order valence-corrected chi connectivity index (χ4v) is 3.25. The molecule has 0 aliphatic rings. The Morgan fingerprint density at radius 3 is 2.50 bits per heavy atom. The van der Waals surface area contributed by atoms with Gasteiger partial charge in [0, 0.05) is 17.3 Å². The third-order valence-electron chi connectivity index (χ3n) is 3.99. The number of nitrogens with zero attached hydrogens (tertiary/aromatic N) is 2. The minimum absolute atomic E-state index is 0.456. The summed E-state index contributed by atoms with van der Waals surface area (Å²) in [5, 5.41) is 14.2. The number of rotatable bonds is 3. The van der Waals surface area contributed by atoms with E-state index in [-0.39, 0.29) is 0 Å². The van der Waals surface area contributed by atoms with E-state index >= 15 is 0 Å². The maximum absolute atomic E-state index is 14.2. The van der Waals surface area contributed by atoms with Crippen molar-refractivity contribution in [3.8, 4) is 28.5 Å². The van der Waals surface area contributed by atoms with Crippen molar-refractivity contribution in [3.05, 3.63) is 71.7 Å². The molecule has 3 aromatic rings. The molecule has 5 nitrogen and oxygen atoms in total. The number of aryl methyl sites for hydroxylation is 1. The normalized spacial score (nSPS) is 11.2. The van der Waals surface area contributed by atoms with Crippen molar-refractivity contribution in [3.63, 3.8) is 0 Å². The molecule has 0 fully saturated rings. The molecule has 0 unspecified atom stereocenters. The van der Waals surface area contributed by atoms with Crippen LogP contribution < -0.4 is 5.14 Å². The molecular formula is C19H14FN3O2S. The van der Waals surface area contributed by atoms with Gasteiger partial charge in [-0.15, -0.1) is 0 Å². The first-order valence-electron chi connectivity index (χ1n) is 7.60. The van der Waals surface area contributed by atoms with Gasteiger partial charge >= 0.3 is 0 Å². The first kappa shape index (κ1) is 17.7. The van der Waals surface area contributed by atoms with E-state index in [1.54, 1.807) is 24.4 Å². The summed E-state index contributed by atoms with van der Waals surface area (Å²) < 4.78 is 37.0. The number of hydrogen-bond donors (Lipinski definition) is 1. The fraction of sp³-hybridized carbons (Fsp3) is 0.0526. The molecule has 7 heteroatoms. The van der Waals surface area contributed by atoms with E-state index in [4.69, 9.17) is 5.14 Å². The maximum atomic E-state index is 14.2. The molecule has 0 spiro atoms. The predicted molar refractivity (Wildman–Crippen MR) is 95.9 cm³/mol. The van der Waals surface area contributed by atoms with E-state index in [9.17, 15) is 18.1 Å². The molecule has 26 heavy (non-hydrogen) atoms. The third kappa shape index (κ3) is 3.33. The molecule has 0 saturated heterocycles. The first-order chi connectivity index (χ1) is 12.3. The monoisotopic (exact) mass is 367 g/mol.